The molecule has 1 heterocycles. The minimum absolute atomic E-state index is 0.0942. The number of aryl methyl sites for hydroxylation is 1. The molecule has 2 aliphatic rings. The Kier molecular flexibility index (Phi) is 7.42. The lowest BCUT2D eigenvalue weighted by molar-refractivity contribution is -0.141. The SMILES string of the molecule is COC(OC)C1CCN(c2ccc([C@@H]3c4ccc(O)cc4CC[C@@H]3CC(C)C)cc2)CC1. The molecule has 174 valence electrons. The maximum Gasteiger partial charge on any atom is 0.159 e. The molecule has 1 fully saturated rings. The third kappa shape index (κ3) is 4.97. The number of piperidine rings is 1. The van der Waals surface area contributed by atoms with Gasteiger partial charge in [0, 0.05) is 44.8 Å². The predicted molar refractivity (Wildman–Crippen MR) is 130 cm³/mol. The second kappa shape index (κ2) is 10.3. The molecule has 1 aliphatic carbocycles. The number of ether oxygens (including phenoxy) is 2. The van der Waals surface area contributed by atoms with Crippen molar-refractivity contribution in [3.8, 4) is 5.75 Å². The molecule has 2 aromatic carbocycles. The van der Waals surface area contributed by atoms with E-state index in [0.29, 0.717) is 29.4 Å². The lowest BCUT2D eigenvalue weighted by Gasteiger charge is -2.37. The van der Waals surface area contributed by atoms with Crippen molar-refractivity contribution in [1.82, 2.24) is 0 Å². The first kappa shape index (κ1) is 23.1. The molecule has 0 unspecified atom stereocenters. The predicted octanol–water partition coefficient (Wildman–Crippen LogP) is 5.97. The topological polar surface area (TPSA) is 41.9 Å². The largest absolute Gasteiger partial charge is 0.508 e. The first-order valence-corrected chi connectivity index (χ1v) is 12.2. The number of nitrogens with zero attached hydrogens (tertiary/aromatic N) is 1. The highest BCUT2D eigenvalue weighted by atomic mass is 16.7. The van der Waals surface area contributed by atoms with Gasteiger partial charge in [-0.3, -0.25) is 0 Å². The Labute approximate surface area is 193 Å². The molecule has 4 nitrogen and oxygen atoms in total. The van der Waals surface area contributed by atoms with Crippen LogP contribution in [0.15, 0.2) is 42.5 Å². The van der Waals surface area contributed by atoms with Crippen LogP contribution >= 0.6 is 0 Å². The van der Waals surface area contributed by atoms with Crippen LogP contribution in [0.4, 0.5) is 5.69 Å². The molecular formula is C28H39NO3. The van der Waals surface area contributed by atoms with Gasteiger partial charge in [0.25, 0.3) is 0 Å². The van der Waals surface area contributed by atoms with Crippen molar-refractivity contribution in [3.63, 3.8) is 0 Å². The summed E-state index contributed by atoms with van der Waals surface area (Å²) in [5, 5.41) is 10.0. The average Bonchev–Trinajstić information content (AvgIpc) is 2.80. The van der Waals surface area contributed by atoms with E-state index in [9.17, 15) is 5.11 Å². The third-order valence-corrected chi connectivity index (χ3v) is 7.50. The smallest absolute Gasteiger partial charge is 0.159 e. The molecule has 2 atom stereocenters. The summed E-state index contributed by atoms with van der Waals surface area (Å²) in [5.74, 6) is 2.59. The van der Waals surface area contributed by atoms with Gasteiger partial charge in [0.2, 0.25) is 0 Å². The van der Waals surface area contributed by atoms with Crippen molar-refractivity contribution < 1.29 is 14.6 Å². The summed E-state index contributed by atoms with van der Waals surface area (Å²) < 4.78 is 11.0. The van der Waals surface area contributed by atoms with Crippen molar-refractivity contribution in [3.05, 3.63) is 59.2 Å². The quantitative estimate of drug-likeness (QED) is 0.542. The van der Waals surface area contributed by atoms with Crippen LogP contribution in [0, 0.1) is 17.8 Å². The van der Waals surface area contributed by atoms with Crippen molar-refractivity contribution in [2.45, 2.75) is 58.2 Å². The van der Waals surface area contributed by atoms with Crippen molar-refractivity contribution >= 4 is 5.69 Å². The van der Waals surface area contributed by atoms with Gasteiger partial charge in [-0.1, -0.05) is 32.0 Å². The zero-order valence-electron chi connectivity index (χ0n) is 20.1. The molecule has 4 heteroatoms. The molecule has 1 saturated heterocycles. The third-order valence-electron chi connectivity index (χ3n) is 7.50. The Balaban J connectivity index is 1.52. The number of phenolic OH excluding ortho intramolecular Hbond substituents is 1. The summed E-state index contributed by atoms with van der Waals surface area (Å²) in [6.07, 6.45) is 5.57. The Morgan fingerprint density at radius 1 is 0.969 bits per heavy atom. The Bertz CT molecular complexity index is 867. The Morgan fingerprint density at radius 2 is 1.66 bits per heavy atom. The number of aromatic hydroxyl groups is 1. The summed E-state index contributed by atoms with van der Waals surface area (Å²) in [6.45, 7) is 6.73. The minimum Gasteiger partial charge on any atom is -0.508 e. The normalized spacial score (nSPS) is 21.9. The van der Waals surface area contributed by atoms with E-state index < -0.39 is 0 Å². The van der Waals surface area contributed by atoms with E-state index in [2.05, 4.69) is 49.1 Å². The monoisotopic (exact) mass is 437 g/mol. The number of methoxy groups -OCH3 is 2. The molecular weight excluding hydrogens is 398 g/mol. The standard InChI is InChI=1S/C28H39NO3/c1-19(2)17-23-6-5-22-18-25(30)11-12-26(22)27(23)20-7-9-24(10-8-20)29-15-13-21(14-16-29)28(31-3)32-4/h7-12,18-19,21,23,27-28,30H,5-6,13-17H2,1-4H3/t23-,27+/m1/s1. The van der Waals surface area contributed by atoms with Gasteiger partial charge in [0.1, 0.15) is 5.75 Å². The molecule has 0 amide bonds. The molecule has 1 N–H and O–H groups in total. The van der Waals surface area contributed by atoms with E-state index in [4.69, 9.17) is 9.47 Å². The molecule has 1 aliphatic heterocycles. The number of fused-ring (bicyclic) bond motifs is 1. The van der Waals surface area contributed by atoms with E-state index in [1.165, 1.54) is 35.2 Å². The van der Waals surface area contributed by atoms with Crippen LogP contribution in [-0.2, 0) is 15.9 Å². The Hall–Kier alpha value is -2.04. The first-order chi connectivity index (χ1) is 15.5. The van der Waals surface area contributed by atoms with Crippen LogP contribution in [0.25, 0.3) is 0 Å². The van der Waals surface area contributed by atoms with Crippen LogP contribution in [0.5, 0.6) is 5.75 Å². The fourth-order valence-corrected chi connectivity index (χ4v) is 5.99. The maximum absolute atomic E-state index is 10.0. The minimum atomic E-state index is -0.0942. The summed E-state index contributed by atoms with van der Waals surface area (Å²) in [6, 6.07) is 15.3. The second-order valence-electron chi connectivity index (χ2n) is 10.0. The first-order valence-electron chi connectivity index (χ1n) is 12.2. The lowest BCUT2D eigenvalue weighted by Crippen LogP contribution is -2.39. The van der Waals surface area contributed by atoms with Gasteiger partial charge in [-0.25, -0.2) is 0 Å². The summed E-state index contributed by atoms with van der Waals surface area (Å²) in [5.41, 5.74) is 5.42. The molecule has 4 rings (SSSR count). The Morgan fingerprint density at radius 3 is 2.28 bits per heavy atom. The van der Waals surface area contributed by atoms with Gasteiger partial charge in [-0.15, -0.1) is 0 Å². The van der Waals surface area contributed by atoms with Crippen LogP contribution in [0.3, 0.4) is 0 Å². The van der Waals surface area contributed by atoms with Crippen LogP contribution in [0.2, 0.25) is 0 Å². The summed E-state index contributed by atoms with van der Waals surface area (Å²) in [4.78, 5) is 2.49. The van der Waals surface area contributed by atoms with E-state index in [-0.39, 0.29) is 6.29 Å². The van der Waals surface area contributed by atoms with Crippen LogP contribution in [-0.4, -0.2) is 38.7 Å². The van der Waals surface area contributed by atoms with Crippen LogP contribution < -0.4 is 4.90 Å². The molecule has 32 heavy (non-hydrogen) atoms. The molecule has 0 aromatic heterocycles. The highest BCUT2D eigenvalue weighted by Crippen LogP contribution is 2.44. The van der Waals surface area contributed by atoms with Gasteiger partial charge < -0.3 is 19.5 Å². The number of phenols is 1. The fourth-order valence-electron chi connectivity index (χ4n) is 5.99. The number of anilines is 1. The van der Waals surface area contributed by atoms with Gasteiger partial charge in [0.15, 0.2) is 6.29 Å². The van der Waals surface area contributed by atoms with Gasteiger partial charge in [-0.2, -0.15) is 0 Å². The lowest BCUT2D eigenvalue weighted by atomic mass is 9.69. The second-order valence-corrected chi connectivity index (χ2v) is 10.0. The van der Waals surface area contributed by atoms with Gasteiger partial charge >= 0.3 is 0 Å². The number of hydrogen-bond acceptors (Lipinski definition) is 4. The van der Waals surface area contributed by atoms with Crippen molar-refractivity contribution in [2.75, 3.05) is 32.2 Å². The highest BCUT2D eigenvalue weighted by Gasteiger charge is 2.32. The van der Waals surface area contributed by atoms with Gasteiger partial charge in [-0.05, 0) is 84.9 Å². The zero-order valence-corrected chi connectivity index (χ0v) is 20.1. The molecule has 0 radical (unpaired) electrons. The summed E-state index contributed by atoms with van der Waals surface area (Å²) >= 11 is 0. The molecule has 2 aromatic rings. The molecule has 0 spiro atoms. The zero-order chi connectivity index (χ0) is 22.7. The number of benzene rings is 2. The van der Waals surface area contributed by atoms with E-state index in [0.717, 1.165) is 32.4 Å². The molecule has 0 saturated carbocycles. The summed E-state index contributed by atoms with van der Waals surface area (Å²) in [7, 11) is 3.47. The fraction of sp³-hybridized carbons (Fsp3) is 0.571. The number of rotatable bonds is 7. The van der Waals surface area contributed by atoms with Crippen molar-refractivity contribution in [1.29, 1.82) is 0 Å². The number of hydrogen-bond donors (Lipinski definition) is 1. The van der Waals surface area contributed by atoms with E-state index in [1.807, 2.05) is 12.1 Å². The highest BCUT2D eigenvalue weighted by molar-refractivity contribution is 5.51. The maximum atomic E-state index is 10.0. The van der Waals surface area contributed by atoms with Gasteiger partial charge in [0.05, 0.1) is 0 Å². The van der Waals surface area contributed by atoms with E-state index in [1.54, 1.807) is 14.2 Å². The molecule has 0 bridgehead atoms. The average molecular weight is 438 g/mol. The van der Waals surface area contributed by atoms with Crippen LogP contribution in [0.1, 0.15) is 62.1 Å². The van der Waals surface area contributed by atoms with E-state index >= 15 is 0 Å². The van der Waals surface area contributed by atoms with Crippen molar-refractivity contribution in [2.24, 2.45) is 17.8 Å².